The molecule has 0 aromatic carbocycles. The first kappa shape index (κ1) is 12.3. The zero-order chi connectivity index (χ0) is 11.4. The molecule has 2 rings (SSSR count). The van der Waals surface area contributed by atoms with Gasteiger partial charge in [0.2, 0.25) is 0 Å². The molecule has 4 heteroatoms. The fraction of sp³-hybridized carbons (Fsp3) is 1.00. The summed E-state index contributed by atoms with van der Waals surface area (Å²) in [7, 11) is 4.25. The number of nitrogens with one attached hydrogen (secondary N) is 1. The minimum absolute atomic E-state index is 0.489. The predicted molar refractivity (Wildman–Crippen MR) is 65.8 cm³/mol. The Kier molecular flexibility index (Phi) is 4.58. The second-order valence-electron chi connectivity index (χ2n) is 5.10. The van der Waals surface area contributed by atoms with Crippen LogP contribution >= 0.6 is 0 Å². The molecule has 2 heterocycles. The van der Waals surface area contributed by atoms with Crippen LogP contribution in [0, 0.1) is 0 Å². The van der Waals surface area contributed by atoms with E-state index in [0.717, 1.165) is 19.7 Å². The average molecular weight is 227 g/mol. The van der Waals surface area contributed by atoms with Crippen LogP contribution in [0.15, 0.2) is 0 Å². The minimum atomic E-state index is 0.489. The fourth-order valence-corrected chi connectivity index (χ4v) is 2.77. The normalized spacial score (nSPS) is 33.4. The summed E-state index contributed by atoms with van der Waals surface area (Å²) in [5.41, 5.74) is 0. The smallest absolute Gasteiger partial charge is 0.0702 e. The van der Waals surface area contributed by atoms with Crippen molar-refractivity contribution in [2.75, 3.05) is 53.4 Å². The van der Waals surface area contributed by atoms with Crippen molar-refractivity contribution in [2.24, 2.45) is 0 Å². The molecule has 4 nitrogen and oxygen atoms in total. The highest BCUT2D eigenvalue weighted by Crippen LogP contribution is 2.16. The Balaban J connectivity index is 1.84. The molecule has 1 N–H and O–H groups in total. The lowest BCUT2D eigenvalue weighted by atomic mass is 10.1. The highest BCUT2D eigenvalue weighted by Gasteiger charge is 2.28. The van der Waals surface area contributed by atoms with Crippen LogP contribution in [-0.4, -0.2) is 75.4 Å². The first-order chi connectivity index (χ1) is 7.79. The third-order valence-corrected chi connectivity index (χ3v) is 3.71. The van der Waals surface area contributed by atoms with E-state index in [2.05, 4.69) is 22.2 Å². The Morgan fingerprint density at radius 2 is 2.25 bits per heavy atom. The summed E-state index contributed by atoms with van der Waals surface area (Å²) < 4.78 is 5.73. The monoisotopic (exact) mass is 227 g/mol. The number of likely N-dealkylation sites (N-methyl/N-ethyl adjacent to an activating group) is 2. The lowest BCUT2D eigenvalue weighted by Gasteiger charge is -2.41. The van der Waals surface area contributed by atoms with Crippen molar-refractivity contribution in [3.8, 4) is 0 Å². The molecule has 2 fully saturated rings. The van der Waals surface area contributed by atoms with Crippen molar-refractivity contribution in [1.82, 2.24) is 15.1 Å². The molecule has 2 atom stereocenters. The molecule has 2 aliphatic heterocycles. The average Bonchev–Trinajstić information content (AvgIpc) is 2.75. The zero-order valence-electron chi connectivity index (χ0n) is 10.6. The third-order valence-electron chi connectivity index (χ3n) is 3.71. The molecular weight excluding hydrogens is 202 g/mol. The Bertz CT molecular complexity index is 206. The standard InChI is InChI=1S/C12H25N3O/c1-13-8-11-9-14(2)5-6-15(11)10-12-4-3-7-16-12/h11-13H,3-10H2,1-2H3. The van der Waals surface area contributed by atoms with Crippen LogP contribution in [0.1, 0.15) is 12.8 Å². The summed E-state index contributed by atoms with van der Waals surface area (Å²) in [6.45, 7) is 6.72. The van der Waals surface area contributed by atoms with Crippen LogP contribution in [-0.2, 0) is 4.74 Å². The summed E-state index contributed by atoms with van der Waals surface area (Å²) in [5, 5.41) is 3.30. The van der Waals surface area contributed by atoms with Gasteiger partial charge in [-0.3, -0.25) is 4.90 Å². The number of nitrogens with zero attached hydrogens (tertiary/aromatic N) is 2. The maximum atomic E-state index is 5.73. The highest BCUT2D eigenvalue weighted by molar-refractivity contribution is 4.84. The largest absolute Gasteiger partial charge is 0.377 e. The molecule has 94 valence electrons. The summed E-state index contributed by atoms with van der Waals surface area (Å²) >= 11 is 0. The third kappa shape index (κ3) is 3.17. The Labute approximate surface area is 98.9 Å². The van der Waals surface area contributed by atoms with Crippen LogP contribution in [0.3, 0.4) is 0 Å². The summed E-state index contributed by atoms with van der Waals surface area (Å²) in [4.78, 5) is 5.03. The van der Waals surface area contributed by atoms with Gasteiger partial charge in [0.25, 0.3) is 0 Å². The second-order valence-corrected chi connectivity index (χ2v) is 5.10. The van der Waals surface area contributed by atoms with Gasteiger partial charge in [-0.05, 0) is 26.9 Å². The summed E-state index contributed by atoms with van der Waals surface area (Å²) in [6.07, 6.45) is 2.98. The van der Waals surface area contributed by atoms with E-state index in [1.54, 1.807) is 0 Å². The first-order valence-electron chi connectivity index (χ1n) is 6.48. The molecule has 0 aromatic rings. The molecule has 0 saturated carbocycles. The summed E-state index contributed by atoms with van der Waals surface area (Å²) in [6, 6.07) is 0.646. The van der Waals surface area contributed by atoms with Gasteiger partial charge in [-0.2, -0.15) is 0 Å². The van der Waals surface area contributed by atoms with Gasteiger partial charge in [-0.15, -0.1) is 0 Å². The van der Waals surface area contributed by atoms with Crippen LogP contribution in [0.2, 0.25) is 0 Å². The molecule has 2 aliphatic rings. The van der Waals surface area contributed by atoms with Gasteiger partial charge in [-0.1, -0.05) is 0 Å². The molecule has 0 radical (unpaired) electrons. The number of piperazine rings is 1. The van der Waals surface area contributed by atoms with E-state index in [1.165, 1.54) is 32.5 Å². The molecule has 16 heavy (non-hydrogen) atoms. The van der Waals surface area contributed by atoms with Crippen LogP contribution in [0.4, 0.5) is 0 Å². The number of rotatable bonds is 4. The molecule has 0 aromatic heterocycles. The van der Waals surface area contributed by atoms with E-state index >= 15 is 0 Å². The van der Waals surface area contributed by atoms with Gasteiger partial charge in [0.15, 0.2) is 0 Å². The first-order valence-corrected chi connectivity index (χ1v) is 6.48. The van der Waals surface area contributed by atoms with Gasteiger partial charge in [0.05, 0.1) is 6.10 Å². The molecule has 0 amide bonds. The lowest BCUT2D eigenvalue weighted by molar-refractivity contribution is 0.0268. The number of ether oxygens (including phenoxy) is 1. The van der Waals surface area contributed by atoms with Crippen LogP contribution < -0.4 is 5.32 Å². The van der Waals surface area contributed by atoms with E-state index in [-0.39, 0.29) is 0 Å². The molecule has 2 saturated heterocycles. The van der Waals surface area contributed by atoms with Gasteiger partial charge < -0.3 is 15.0 Å². The quantitative estimate of drug-likeness (QED) is 0.732. The van der Waals surface area contributed by atoms with E-state index in [4.69, 9.17) is 4.74 Å². The molecule has 0 spiro atoms. The van der Waals surface area contributed by atoms with Crippen LogP contribution in [0.5, 0.6) is 0 Å². The van der Waals surface area contributed by atoms with Crippen LogP contribution in [0.25, 0.3) is 0 Å². The van der Waals surface area contributed by atoms with Crippen molar-refractivity contribution in [2.45, 2.75) is 25.0 Å². The molecule has 2 unspecified atom stereocenters. The Morgan fingerprint density at radius 1 is 1.38 bits per heavy atom. The number of hydrogen-bond acceptors (Lipinski definition) is 4. The van der Waals surface area contributed by atoms with Gasteiger partial charge >= 0.3 is 0 Å². The van der Waals surface area contributed by atoms with Crippen molar-refractivity contribution < 1.29 is 4.74 Å². The fourth-order valence-electron chi connectivity index (χ4n) is 2.77. The van der Waals surface area contributed by atoms with E-state index < -0.39 is 0 Å². The highest BCUT2D eigenvalue weighted by atomic mass is 16.5. The van der Waals surface area contributed by atoms with Gasteiger partial charge in [-0.25, -0.2) is 0 Å². The van der Waals surface area contributed by atoms with Crippen molar-refractivity contribution >= 4 is 0 Å². The topological polar surface area (TPSA) is 27.7 Å². The molecular formula is C12H25N3O. The Hall–Kier alpha value is -0.160. The van der Waals surface area contributed by atoms with Gasteiger partial charge in [0.1, 0.15) is 0 Å². The van der Waals surface area contributed by atoms with Gasteiger partial charge in [0, 0.05) is 45.4 Å². The maximum Gasteiger partial charge on any atom is 0.0702 e. The SMILES string of the molecule is CNCC1CN(C)CCN1CC1CCCO1. The zero-order valence-corrected chi connectivity index (χ0v) is 10.6. The van der Waals surface area contributed by atoms with E-state index in [1.807, 2.05) is 7.05 Å². The van der Waals surface area contributed by atoms with E-state index in [0.29, 0.717) is 12.1 Å². The maximum absolute atomic E-state index is 5.73. The van der Waals surface area contributed by atoms with Crippen molar-refractivity contribution in [3.63, 3.8) is 0 Å². The molecule has 0 aliphatic carbocycles. The number of hydrogen-bond donors (Lipinski definition) is 1. The minimum Gasteiger partial charge on any atom is -0.377 e. The molecule has 0 bridgehead atoms. The van der Waals surface area contributed by atoms with Crippen molar-refractivity contribution in [1.29, 1.82) is 0 Å². The lowest BCUT2D eigenvalue weighted by Crippen LogP contribution is -2.56. The van der Waals surface area contributed by atoms with Crippen molar-refractivity contribution in [3.05, 3.63) is 0 Å². The second kappa shape index (κ2) is 5.96. The predicted octanol–water partition coefficient (Wildman–Crippen LogP) is 0.000800. The van der Waals surface area contributed by atoms with E-state index in [9.17, 15) is 0 Å². The summed E-state index contributed by atoms with van der Waals surface area (Å²) in [5.74, 6) is 0. The Morgan fingerprint density at radius 3 is 2.94 bits per heavy atom.